The van der Waals surface area contributed by atoms with Gasteiger partial charge in [0.05, 0.1) is 13.7 Å². The van der Waals surface area contributed by atoms with E-state index in [4.69, 9.17) is 9.47 Å². The maximum absolute atomic E-state index is 13.7. The minimum absolute atomic E-state index is 0.0144. The Hall–Kier alpha value is -2.93. The van der Waals surface area contributed by atoms with Crippen LogP contribution in [-0.2, 0) is 14.3 Å². The van der Waals surface area contributed by atoms with E-state index in [1.165, 1.54) is 7.11 Å². The van der Waals surface area contributed by atoms with Crippen molar-refractivity contribution in [2.24, 2.45) is 10.8 Å². The fourth-order valence-corrected chi connectivity index (χ4v) is 5.91. The summed E-state index contributed by atoms with van der Waals surface area (Å²) in [7, 11) is 3.07. The maximum Gasteiger partial charge on any atom is 0.339 e. The molecule has 1 aromatic carbocycles. The number of carboxylic acids is 1. The summed E-state index contributed by atoms with van der Waals surface area (Å²) in [5, 5.41) is 9.80. The van der Waals surface area contributed by atoms with Crippen molar-refractivity contribution in [3.63, 3.8) is 0 Å². The van der Waals surface area contributed by atoms with E-state index in [1.807, 2.05) is 0 Å². The normalized spacial score (nSPS) is 21.7. The van der Waals surface area contributed by atoms with Crippen molar-refractivity contribution in [3.05, 3.63) is 51.9 Å². The maximum atomic E-state index is 13.7. The van der Waals surface area contributed by atoms with Crippen molar-refractivity contribution < 1.29 is 29.0 Å². The molecule has 0 saturated carbocycles. The van der Waals surface area contributed by atoms with Crippen LogP contribution in [0.4, 0.5) is 0 Å². The minimum atomic E-state index is -1.11. The van der Waals surface area contributed by atoms with E-state index in [0.717, 1.165) is 11.4 Å². The second-order valence-electron chi connectivity index (χ2n) is 11.4. The molecule has 0 saturated heterocycles. The van der Waals surface area contributed by atoms with Crippen LogP contribution >= 0.6 is 0 Å². The molecule has 1 heterocycles. The Morgan fingerprint density at radius 1 is 0.971 bits per heavy atom. The van der Waals surface area contributed by atoms with Gasteiger partial charge in [-0.15, -0.1) is 0 Å². The monoisotopic (exact) mass is 481 g/mol. The molecule has 7 heteroatoms. The first-order chi connectivity index (χ1) is 16.4. The van der Waals surface area contributed by atoms with Crippen LogP contribution in [0.5, 0.6) is 5.75 Å². The molecule has 0 amide bonds. The molecule has 1 N–H and O–H groups in total. The first kappa shape index (κ1) is 25.2. The number of carbonyl (C=O) groups is 3. The summed E-state index contributed by atoms with van der Waals surface area (Å²) in [4.78, 5) is 41.6. The molecule has 0 fully saturated rings. The molecule has 1 aliphatic heterocycles. The number of carboxylic acid groups (broad SMARTS) is 1. The van der Waals surface area contributed by atoms with Crippen LogP contribution < -0.4 is 4.74 Å². The number of benzene rings is 1. The second-order valence-corrected chi connectivity index (χ2v) is 11.4. The highest BCUT2D eigenvalue weighted by molar-refractivity contribution is 6.07. The van der Waals surface area contributed by atoms with Crippen LogP contribution in [0.1, 0.15) is 75.2 Å². The molecule has 0 unspecified atom stereocenters. The highest BCUT2D eigenvalue weighted by Crippen LogP contribution is 2.54. The Balaban J connectivity index is 2.00. The molecule has 7 nitrogen and oxygen atoms in total. The SMILES string of the molecule is COCCN1C2=C(C(=O)CC(C)(C)C2)C(c2ccc(OC)c(C(=O)O)c2)C2=C1CC(C)(C)CC2=O. The van der Waals surface area contributed by atoms with Gasteiger partial charge < -0.3 is 19.5 Å². The molecule has 3 aliphatic rings. The third-order valence-corrected chi connectivity index (χ3v) is 7.33. The predicted molar refractivity (Wildman–Crippen MR) is 131 cm³/mol. The molecule has 0 bridgehead atoms. The standard InChI is InChI=1S/C28H35NO6/c1-27(2)12-18-24(20(30)14-27)23(16-7-8-22(35-6)17(11-16)26(32)33)25-19(29(18)9-10-34-5)13-28(3,4)15-21(25)31/h7-8,11,23H,9-10,12-15H2,1-6H3,(H,32,33). The lowest BCUT2D eigenvalue weighted by molar-refractivity contribution is -0.119. The lowest BCUT2D eigenvalue weighted by Crippen LogP contribution is -2.45. The number of carbonyl (C=O) groups excluding carboxylic acids is 2. The van der Waals surface area contributed by atoms with Crippen LogP contribution in [0.15, 0.2) is 40.7 Å². The molecule has 4 rings (SSSR count). The van der Waals surface area contributed by atoms with Gasteiger partial charge in [0.15, 0.2) is 11.6 Å². The van der Waals surface area contributed by atoms with E-state index in [9.17, 15) is 19.5 Å². The van der Waals surface area contributed by atoms with Gasteiger partial charge in [0, 0.05) is 55.0 Å². The third-order valence-electron chi connectivity index (χ3n) is 7.33. The molecule has 35 heavy (non-hydrogen) atoms. The van der Waals surface area contributed by atoms with Crippen LogP contribution in [0, 0.1) is 10.8 Å². The van der Waals surface area contributed by atoms with E-state index >= 15 is 0 Å². The van der Waals surface area contributed by atoms with Gasteiger partial charge >= 0.3 is 5.97 Å². The number of hydrogen-bond acceptors (Lipinski definition) is 6. The molecule has 0 aromatic heterocycles. The number of aromatic carboxylic acids is 1. The lowest BCUT2D eigenvalue weighted by atomic mass is 9.63. The predicted octanol–water partition coefficient (Wildman–Crippen LogP) is 4.73. The fraction of sp³-hybridized carbons (Fsp3) is 0.536. The van der Waals surface area contributed by atoms with E-state index in [2.05, 4.69) is 32.6 Å². The van der Waals surface area contributed by atoms with Gasteiger partial charge in [0.25, 0.3) is 0 Å². The van der Waals surface area contributed by atoms with Crippen LogP contribution in [0.25, 0.3) is 0 Å². The average Bonchev–Trinajstić information content (AvgIpc) is 2.75. The number of methoxy groups -OCH3 is 2. The molecule has 0 radical (unpaired) electrons. The summed E-state index contributed by atoms with van der Waals surface area (Å²) < 4.78 is 10.7. The smallest absolute Gasteiger partial charge is 0.339 e. The first-order valence-corrected chi connectivity index (χ1v) is 12.1. The van der Waals surface area contributed by atoms with Crippen LogP contribution in [-0.4, -0.2) is 54.9 Å². The van der Waals surface area contributed by atoms with Gasteiger partial charge in [-0.3, -0.25) is 9.59 Å². The number of nitrogens with zero attached hydrogens (tertiary/aromatic N) is 1. The zero-order valence-corrected chi connectivity index (χ0v) is 21.5. The van der Waals surface area contributed by atoms with Crippen molar-refractivity contribution in [3.8, 4) is 5.75 Å². The zero-order chi connectivity index (χ0) is 25.7. The number of ether oxygens (including phenoxy) is 2. The Morgan fingerprint density at radius 2 is 1.51 bits per heavy atom. The van der Waals surface area contributed by atoms with Gasteiger partial charge in [-0.25, -0.2) is 4.79 Å². The number of ketones is 2. The summed E-state index contributed by atoms with van der Waals surface area (Å²) >= 11 is 0. The average molecular weight is 482 g/mol. The highest BCUT2D eigenvalue weighted by atomic mass is 16.5. The third kappa shape index (κ3) is 4.54. The summed E-state index contributed by atoms with van der Waals surface area (Å²) in [5.41, 5.74) is 3.32. The summed E-state index contributed by atoms with van der Waals surface area (Å²) in [6, 6.07) is 4.97. The molecule has 0 atom stereocenters. The van der Waals surface area contributed by atoms with Crippen molar-refractivity contribution >= 4 is 17.5 Å². The quantitative estimate of drug-likeness (QED) is 0.628. The largest absolute Gasteiger partial charge is 0.496 e. The highest BCUT2D eigenvalue weighted by Gasteiger charge is 2.49. The van der Waals surface area contributed by atoms with Gasteiger partial charge in [0.1, 0.15) is 11.3 Å². The van der Waals surface area contributed by atoms with Crippen LogP contribution in [0.2, 0.25) is 0 Å². The van der Waals surface area contributed by atoms with Gasteiger partial charge in [-0.2, -0.15) is 0 Å². The number of rotatable bonds is 6. The molecule has 1 aromatic rings. The summed E-state index contributed by atoms with van der Waals surface area (Å²) in [6.07, 6.45) is 2.15. The van der Waals surface area contributed by atoms with E-state index in [1.54, 1.807) is 25.3 Å². The molecule has 0 spiro atoms. The van der Waals surface area contributed by atoms with Gasteiger partial charge in [-0.05, 0) is 41.4 Å². The topological polar surface area (TPSA) is 93.1 Å². The number of Topliss-reactive ketones (excluding diaryl/α,β-unsaturated/α-hetero) is 2. The number of hydrogen-bond donors (Lipinski definition) is 1. The van der Waals surface area contributed by atoms with Gasteiger partial charge in [-0.1, -0.05) is 33.8 Å². The minimum Gasteiger partial charge on any atom is -0.496 e. The molecular weight excluding hydrogens is 446 g/mol. The van der Waals surface area contributed by atoms with Crippen LogP contribution in [0.3, 0.4) is 0 Å². The number of allylic oxidation sites excluding steroid dienone is 4. The van der Waals surface area contributed by atoms with Crippen molar-refractivity contribution in [2.75, 3.05) is 27.4 Å². The second kappa shape index (κ2) is 8.94. The summed E-state index contributed by atoms with van der Waals surface area (Å²) in [6.45, 7) is 9.38. The van der Waals surface area contributed by atoms with E-state index < -0.39 is 11.9 Å². The molecule has 188 valence electrons. The molecule has 2 aliphatic carbocycles. The van der Waals surface area contributed by atoms with Gasteiger partial charge in [0.2, 0.25) is 0 Å². The van der Waals surface area contributed by atoms with Crippen molar-refractivity contribution in [2.45, 2.75) is 59.3 Å². The zero-order valence-electron chi connectivity index (χ0n) is 21.5. The van der Waals surface area contributed by atoms with Crippen molar-refractivity contribution in [1.82, 2.24) is 4.90 Å². The van der Waals surface area contributed by atoms with E-state index in [0.29, 0.717) is 55.5 Å². The Labute approximate surface area is 206 Å². The summed E-state index contributed by atoms with van der Waals surface area (Å²) in [5.74, 6) is -1.43. The molecular formula is C28H35NO6. The van der Waals surface area contributed by atoms with Crippen molar-refractivity contribution in [1.29, 1.82) is 0 Å². The first-order valence-electron chi connectivity index (χ1n) is 12.1. The van der Waals surface area contributed by atoms with E-state index in [-0.39, 0.29) is 33.7 Å². The Bertz CT molecular complexity index is 1100. The Kier molecular flexibility index (Phi) is 6.43. The Morgan fingerprint density at radius 3 is 1.97 bits per heavy atom. The fourth-order valence-electron chi connectivity index (χ4n) is 5.91. The lowest BCUT2D eigenvalue weighted by Gasteiger charge is -2.49.